The second-order valence-corrected chi connectivity index (χ2v) is 28.8. The van der Waals surface area contributed by atoms with E-state index in [1.165, 1.54) is 0 Å². The van der Waals surface area contributed by atoms with Gasteiger partial charge in [-0.25, -0.2) is 30.6 Å². The fourth-order valence-electron chi connectivity index (χ4n) is 10.7. The molecule has 0 saturated heterocycles. The van der Waals surface area contributed by atoms with Crippen molar-refractivity contribution in [3.63, 3.8) is 0 Å². The first-order chi connectivity index (χ1) is 63.8. The van der Waals surface area contributed by atoms with E-state index < -0.39 is 0 Å². The van der Waals surface area contributed by atoms with Crippen molar-refractivity contribution in [2.24, 2.45) is 21.1 Å². The molecule has 0 fully saturated rings. The van der Waals surface area contributed by atoms with Crippen LogP contribution in [0.2, 0.25) is 0 Å². The maximum Gasteiger partial charge on any atom is 0.246 e. The van der Waals surface area contributed by atoms with Crippen molar-refractivity contribution in [1.82, 2.24) is 135 Å². The van der Waals surface area contributed by atoms with Gasteiger partial charge >= 0.3 is 0 Å². The van der Waals surface area contributed by atoms with Gasteiger partial charge in [-0.3, -0.25) is 13.7 Å². The number of nitrogens with two attached hydrogens (primary N) is 4. The molecule has 702 valence electrons. The number of nitrogens with one attached hydrogen (secondary N) is 13. The minimum Gasteiger partial charge on any atom is -0.472 e. The van der Waals surface area contributed by atoms with Gasteiger partial charge in [0, 0.05) is 215 Å². The van der Waals surface area contributed by atoms with Crippen molar-refractivity contribution in [2.45, 2.75) is 58.9 Å². The molecule has 21 N–H and O–H groups in total. The largest absolute Gasteiger partial charge is 0.472 e. The van der Waals surface area contributed by atoms with E-state index in [1.54, 1.807) is 143 Å². The van der Waals surface area contributed by atoms with Gasteiger partial charge in [0.2, 0.25) is 107 Å². The van der Waals surface area contributed by atoms with E-state index in [0.29, 0.717) is 129 Å². The van der Waals surface area contributed by atoms with Crippen LogP contribution in [0.15, 0.2) is 207 Å². The van der Waals surface area contributed by atoms with E-state index in [0.717, 1.165) is 87.0 Å². The highest BCUT2D eigenvalue weighted by Crippen LogP contribution is 2.20. The molecule has 18 aromatic heterocycles. The molecular formula is C78H111N45O9. The molecule has 0 amide bonds. The Kier molecular flexibility index (Phi) is 36.3. The lowest BCUT2D eigenvalue weighted by Crippen LogP contribution is -2.20. The first-order valence-electron chi connectivity index (χ1n) is 40.1. The Hall–Kier alpha value is -17.8. The number of nitrogen functional groups attached to an aromatic ring is 4. The lowest BCUT2D eigenvalue weighted by atomic mass is 10.3. The van der Waals surface area contributed by atoms with Crippen LogP contribution in [0.4, 0.5) is 107 Å². The van der Waals surface area contributed by atoms with Gasteiger partial charge in [-0.05, 0) is 54.6 Å². The van der Waals surface area contributed by atoms with Crippen LogP contribution in [0.5, 0.6) is 0 Å². The van der Waals surface area contributed by atoms with Gasteiger partial charge in [-0.15, -0.1) is 61.2 Å². The number of rotatable bonds is 32. The summed E-state index contributed by atoms with van der Waals surface area (Å²) < 4.78 is 50.0. The van der Waals surface area contributed by atoms with Gasteiger partial charge in [-0.1, -0.05) is 0 Å². The molecule has 0 saturated carbocycles. The molecule has 54 heteroatoms. The number of nitrogens with zero attached hydrogens (tertiary/aromatic N) is 28. The SMILES string of the molecule is CN(C)c1n[nH]c(N(C)Cc2ccoc2)n1.CN(C)c1n[nH]c(NCc2ccoc2)n1.CN(C)c1nnc(NCc2ccoc2)n1C.CN(Cc1ccoc1)c1n[nH]c(N)n1.CN(Cc1ccoc1)c1nnc(N)n1C.CNc1n[nH]c(NCc2ccoc2)n1.CNc1nc(N(C)Cc2ccoc2)n[nH]1.Cn1c(N)nnc1NCc1ccoc1.Nc1nc(NCc2ccoc2)n[nH]1. The second kappa shape index (κ2) is 49.8. The lowest BCUT2D eigenvalue weighted by molar-refractivity contribution is 0.563. The Morgan fingerprint density at radius 1 is 0.295 bits per heavy atom. The third-order valence-corrected chi connectivity index (χ3v) is 17.8. The number of aromatic amines is 6. The number of H-pyrrole nitrogens is 6. The zero-order valence-electron chi connectivity index (χ0n) is 75.5. The van der Waals surface area contributed by atoms with Crippen molar-refractivity contribution in [1.29, 1.82) is 0 Å². The summed E-state index contributed by atoms with van der Waals surface area (Å²) in [6.07, 6.45) is 30.0. The molecule has 132 heavy (non-hydrogen) atoms. The maximum absolute atomic E-state index is 5.60. The van der Waals surface area contributed by atoms with Gasteiger partial charge in [0.15, 0.2) is 0 Å². The highest BCUT2D eigenvalue weighted by molar-refractivity contribution is 5.43. The molecule has 18 heterocycles. The van der Waals surface area contributed by atoms with Crippen molar-refractivity contribution >= 4 is 107 Å². The molecule has 0 atom stereocenters. The third-order valence-electron chi connectivity index (χ3n) is 17.8. The molecule has 18 aromatic rings. The summed E-state index contributed by atoms with van der Waals surface area (Å²) in [5, 5.41) is 84.8. The van der Waals surface area contributed by atoms with Gasteiger partial charge in [-0.2, -0.15) is 29.9 Å². The fourth-order valence-corrected chi connectivity index (χ4v) is 10.7. The van der Waals surface area contributed by atoms with Crippen LogP contribution in [-0.2, 0) is 80.0 Å². The molecule has 0 bridgehead atoms. The zero-order valence-corrected chi connectivity index (χ0v) is 75.5. The first kappa shape index (κ1) is 96.4. The van der Waals surface area contributed by atoms with E-state index in [4.69, 9.17) is 62.7 Å². The third kappa shape index (κ3) is 31.1. The normalized spacial score (nSPS) is 10.3. The highest BCUT2D eigenvalue weighted by atomic mass is 16.3. The summed E-state index contributed by atoms with van der Waals surface area (Å²) in [5.74, 6) is 10.6. The topological polar surface area (TPSA) is 671 Å². The average molecular weight is 1820 g/mol. The Bertz CT molecular complexity index is 5970. The van der Waals surface area contributed by atoms with E-state index in [-0.39, 0.29) is 0 Å². The summed E-state index contributed by atoms with van der Waals surface area (Å²) in [6.45, 7) is 6.12. The van der Waals surface area contributed by atoms with Gasteiger partial charge < -0.3 is 134 Å². The van der Waals surface area contributed by atoms with Gasteiger partial charge in [0.1, 0.15) is 0 Å². The van der Waals surface area contributed by atoms with Crippen LogP contribution in [0, 0.1) is 0 Å². The molecule has 0 unspecified atom stereocenters. The Balaban J connectivity index is 0.000000154. The standard InChI is InChI=1S/2C10H15N5O.3C9H13N5O.3C8H11N5O.C7H9N5O/c1-14(2)9-11-10(13-12-9)15(3)6-8-4-5-16-7-8;1-14(2)10-13-12-9(15(10)3)11-6-8-4-5-16-7-8;1-13(5-7-3-4-15-6-7)9-12-11-8(10)14(9)2;1-14(2)9-11-8(12-13-9)10-5-7-3-4-15-6-7;1-10-8-11-9(13-12-8)14(2)5-7-3-4-15-6-7;1-13(4-6-2-3-14-5-6)8-10-7(9)11-12-8;1-13-7(9)11-12-8(13)10-4-6-2-3-14-5-6;1-9-7-11-8(13-12-7)10-4-6-2-3-14-5-6;8-6-10-7(12-11-6)9-3-5-1-2-13-4-5/h4-5,7H,6H2,1-3H3,(H,11,12,13);4-5,7H,6H2,1-3H3,(H,11,12);3-4,6H,5H2,1-2H3,(H2,10,11);2*3-4,6H,5H2,1-2H3,(H2,10,11,12,13);2-3,5H,4H2,1H3,(H3,9,10,11,12);2-3,5H,4H2,1H3,(H2,9,11)(H,10,12);2-3,5H,4H2,1H3,(H3,9,10,11,12,13);1-2,4H,3H2,(H4,8,9,10,11,12). The van der Waals surface area contributed by atoms with Crippen LogP contribution >= 0.6 is 0 Å². The number of anilines is 18. The Morgan fingerprint density at radius 3 is 1.02 bits per heavy atom. The molecule has 0 radical (unpaired) electrons. The molecular weight excluding hydrogens is 1710 g/mol. The fraction of sp³-hybridized carbons (Fsp3) is 0.308. The first-order valence-corrected chi connectivity index (χ1v) is 40.1. The van der Waals surface area contributed by atoms with E-state index >= 15 is 0 Å². The molecule has 0 aliphatic carbocycles. The molecule has 0 spiro atoms. The number of hydrogen-bond donors (Lipinski definition) is 17. The smallest absolute Gasteiger partial charge is 0.246 e. The van der Waals surface area contributed by atoms with E-state index in [1.807, 2.05) is 178 Å². The summed E-state index contributed by atoms with van der Waals surface area (Å²) in [7, 11) is 28.3. The minimum absolute atomic E-state index is 0.301. The monoisotopic (exact) mass is 1820 g/mol. The van der Waals surface area contributed by atoms with Crippen LogP contribution in [0.3, 0.4) is 0 Å². The Labute approximate surface area is 755 Å². The van der Waals surface area contributed by atoms with Crippen molar-refractivity contribution in [3.05, 3.63) is 217 Å². The predicted molar refractivity (Wildman–Crippen MR) is 494 cm³/mol. The number of aromatic nitrogens is 27. The summed E-state index contributed by atoms with van der Waals surface area (Å²) >= 11 is 0. The van der Waals surface area contributed by atoms with Crippen LogP contribution in [0.1, 0.15) is 50.1 Å². The van der Waals surface area contributed by atoms with Crippen LogP contribution in [0.25, 0.3) is 0 Å². The zero-order chi connectivity index (χ0) is 94.1. The van der Waals surface area contributed by atoms with E-state index in [9.17, 15) is 0 Å². The quantitative estimate of drug-likeness (QED) is 0.0191. The predicted octanol–water partition coefficient (Wildman–Crippen LogP) is 7.83. The van der Waals surface area contributed by atoms with Crippen LogP contribution < -0.4 is 94.5 Å². The maximum atomic E-state index is 5.60. The Morgan fingerprint density at radius 2 is 0.644 bits per heavy atom. The molecule has 0 aliphatic rings. The van der Waals surface area contributed by atoms with E-state index in [2.05, 4.69) is 159 Å². The highest BCUT2D eigenvalue weighted by Gasteiger charge is 2.17. The summed E-state index contributed by atoms with van der Waals surface area (Å²) in [5.41, 5.74) is 31.5. The molecule has 54 nitrogen and oxygen atoms in total. The summed E-state index contributed by atoms with van der Waals surface area (Å²) in [6, 6.07) is 17.1. The van der Waals surface area contributed by atoms with Crippen molar-refractivity contribution < 1.29 is 39.8 Å². The average Bonchev–Trinajstić information content (AvgIpc) is 1.69. The van der Waals surface area contributed by atoms with Gasteiger partial charge in [0.05, 0.1) is 113 Å². The number of hydrogen-bond acceptors (Lipinski definition) is 45. The van der Waals surface area contributed by atoms with Crippen molar-refractivity contribution in [2.75, 3.05) is 179 Å². The second-order valence-electron chi connectivity index (χ2n) is 28.8. The van der Waals surface area contributed by atoms with Crippen molar-refractivity contribution in [3.8, 4) is 0 Å². The molecule has 0 aliphatic heterocycles. The van der Waals surface area contributed by atoms with Gasteiger partial charge in [0.25, 0.3) is 0 Å². The number of furan rings is 9. The minimum atomic E-state index is 0.301. The van der Waals surface area contributed by atoms with Crippen LogP contribution in [-0.4, -0.2) is 220 Å². The summed E-state index contributed by atoms with van der Waals surface area (Å²) in [4.78, 5) is 38.1. The molecule has 0 aromatic carbocycles. The molecule has 18 rings (SSSR count). The lowest BCUT2D eigenvalue weighted by Gasteiger charge is -2.16.